The Balaban J connectivity index is 1.75. The first-order valence-corrected chi connectivity index (χ1v) is 7.77. The Morgan fingerprint density at radius 3 is 2.62 bits per heavy atom. The fourth-order valence-electron chi connectivity index (χ4n) is 2.65. The van der Waals surface area contributed by atoms with Crippen molar-refractivity contribution in [1.29, 1.82) is 0 Å². The van der Waals surface area contributed by atoms with E-state index in [9.17, 15) is 4.79 Å². The largest absolute Gasteiger partial charge is 0.444 e. The van der Waals surface area contributed by atoms with Gasteiger partial charge < -0.3 is 24.4 Å². The molecule has 0 aromatic carbocycles. The zero-order valence-corrected chi connectivity index (χ0v) is 13.6. The monoisotopic (exact) mass is 300 g/mol. The number of nitrogens with one attached hydrogen (secondary N) is 1. The number of carbonyl (C=O) groups excluding carboxylic acids is 1. The van der Waals surface area contributed by atoms with Crippen molar-refractivity contribution in [2.75, 3.05) is 33.3 Å². The summed E-state index contributed by atoms with van der Waals surface area (Å²) in [4.78, 5) is 13.5. The van der Waals surface area contributed by atoms with Gasteiger partial charge in [0.1, 0.15) is 11.7 Å². The molecule has 1 N–H and O–H groups in total. The van der Waals surface area contributed by atoms with Crippen molar-refractivity contribution < 1.29 is 19.0 Å². The van der Waals surface area contributed by atoms with Crippen LogP contribution in [0, 0.1) is 5.92 Å². The average molecular weight is 300 g/mol. The summed E-state index contributed by atoms with van der Waals surface area (Å²) < 4.78 is 17.0. The second kappa shape index (κ2) is 6.94. The first-order valence-electron chi connectivity index (χ1n) is 7.77. The molecule has 0 saturated carbocycles. The first-order chi connectivity index (χ1) is 9.85. The van der Waals surface area contributed by atoms with Crippen molar-refractivity contribution in [1.82, 2.24) is 10.2 Å². The van der Waals surface area contributed by atoms with Gasteiger partial charge in [0.25, 0.3) is 0 Å². The maximum Gasteiger partial charge on any atom is 0.410 e. The van der Waals surface area contributed by atoms with Crippen LogP contribution in [-0.4, -0.2) is 62.3 Å². The van der Waals surface area contributed by atoms with Crippen molar-refractivity contribution in [2.24, 2.45) is 5.92 Å². The van der Waals surface area contributed by atoms with E-state index in [2.05, 4.69) is 5.32 Å². The third kappa shape index (κ3) is 5.13. The second-order valence-electron chi connectivity index (χ2n) is 6.91. The third-order valence-corrected chi connectivity index (χ3v) is 3.72. The van der Waals surface area contributed by atoms with Crippen molar-refractivity contribution in [3.63, 3.8) is 0 Å². The molecule has 2 aliphatic heterocycles. The normalized spacial score (nSPS) is 27.6. The van der Waals surface area contributed by atoms with E-state index in [4.69, 9.17) is 14.2 Å². The van der Waals surface area contributed by atoms with Gasteiger partial charge >= 0.3 is 6.09 Å². The van der Waals surface area contributed by atoms with E-state index in [0.717, 1.165) is 25.9 Å². The number of hydrogen-bond donors (Lipinski definition) is 1. The fourth-order valence-corrected chi connectivity index (χ4v) is 2.65. The fraction of sp³-hybridized carbons (Fsp3) is 0.933. The van der Waals surface area contributed by atoms with Gasteiger partial charge in [-0.2, -0.15) is 0 Å². The number of carbonyl (C=O) groups is 1. The van der Waals surface area contributed by atoms with E-state index in [-0.39, 0.29) is 18.5 Å². The molecule has 6 heteroatoms. The Bertz CT molecular complexity index is 350. The summed E-state index contributed by atoms with van der Waals surface area (Å²) in [7, 11) is 1.73. The highest BCUT2D eigenvalue weighted by atomic mass is 16.7. The summed E-state index contributed by atoms with van der Waals surface area (Å²) in [5, 5.41) is 3.34. The quantitative estimate of drug-likeness (QED) is 0.858. The standard InChI is InChI=1S/C15H28N2O4/c1-15(2,3)21-14(18)17(4)9-12-10-19-13(20-12)11-5-7-16-8-6-11/h11-13,16H,5-10H2,1-4H3. The van der Waals surface area contributed by atoms with Crippen molar-refractivity contribution in [2.45, 2.75) is 51.6 Å². The molecular formula is C15H28N2O4. The van der Waals surface area contributed by atoms with E-state index >= 15 is 0 Å². The SMILES string of the molecule is CN(CC1COC(C2CCNCC2)O1)C(=O)OC(C)(C)C. The Morgan fingerprint density at radius 2 is 2.00 bits per heavy atom. The van der Waals surface area contributed by atoms with Crippen LogP contribution in [0.25, 0.3) is 0 Å². The molecule has 0 aliphatic carbocycles. The molecule has 2 atom stereocenters. The summed E-state index contributed by atoms with van der Waals surface area (Å²) in [6, 6.07) is 0. The van der Waals surface area contributed by atoms with Crippen molar-refractivity contribution >= 4 is 6.09 Å². The molecule has 122 valence electrons. The minimum Gasteiger partial charge on any atom is -0.444 e. The molecule has 0 spiro atoms. The number of likely N-dealkylation sites (N-methyl/N-ethyl adjacent to an activating group) is 1. The van der Waals surface area contributed by atoms with E-state index in [1.54, 1.807) is 11.9 Å². The molecular weight excluding hydrogens is 272 g/mol. The van der Waals surface area contributed by atoms with E-state index in [0.29, 0.717) is 19.1 Å². The minimum absolute atomic E-state index is 0.0672. The maximum atomic E-state index is 11.9. The van der Waals surface area contributed by atoms with Gasteiger partial charge in [-0.1, -0.05) is 0 Å². The van der Waals surface area contributed by atoms with Crippen LogP contribution < -0.4 is 5.32 Å². The molecule has 0 bridgehead atoms. The molecule has 2 heterocycles. The van der Waals surface area contributed by atoms with Gasteiger partial charge in [0.15, 0.2) is 6.29 Å². The molecule has 0 radical (unpaired) electrons. The van der Waals surface area contributed by atoms with Gasteiger partial charge in [-0.3, -0.25) is 0 Å². The molecule has 2 rings (SSSR count). The van der Waals surface area contributed by atoms with Gasteiger partial charge in [-0.15, -0.1) is 0 Å². The van der Waals surface area contributed by atoms with Crippen LogP contribution in [0.2, 0.25) is 0 Å². The van der Waals surface area contributed by atoms with Crippen LogP contribution in [0.3, 0.4) is 0 Å². The number of ether oxygens (including phenoxy) is 3. The zero-order valence-electron chi connectivity index (χ0n) is 13.6. The molecule has 1 amide bonds. The highest BCUT2D eigenvalue weighted by Crippen LogP contribution is 2.26. The average Bonchev–Trinajstić information content (AvgIpc) is 2.86. The number of piperidine rings is 1. The maximum absolute atomic E-state index is 11.9. The molecule has 0 aromatic rings. The van der Waals surface area contributed by atoms with Crippen LogP contribution in [-0.2, 0) is 14.2 Å². The topological polar surface area (TPSA) is 60.0 Å². The minimum atomic E-state index is -0.476. The lowest BCUT2D eigenvalue weighted by Crippen LogP contribution is -2.39. The Labute approximate surface area is 127 Å². The van der Waals surface area contributed by atoms with Gasteiger partial charge in [0.05, 0.1) is 13.2 Å². The van der Waals surface area contributed by atoms with Crippen LogP contribution >= 0.6 is 0 Å². The molecule has 6 nitrogen and oxygen atoms in total. The lowest BCUT2D eigenvalue weighted by Gasteiger charge is -2.28. The summed E-state index contributed by atoms with van der Waals surface area (Å²) in [6.07, 6.45) is 1.65. The predicted octanol–water partition coefficient (Wildman–Crippen LogP) is 1.59. The number of rotatable bonds is 3. The van der Waals surface area contributed by atoms with Gasteiger partial charge in [0, 0.05) is 13.0 Å². The van der Waals surface area contributed by atoms with Crippen LogP contribution in [0.4, 0.5) is 4.79 Å². The smallest absolute Gasteiger partial charge is 0.410 e. The number of amides is 1. The van der Waals surface area contributed by atoms with Crippen molar-refractivity contribution in [3.8, 4) is 0 Å². The molecule has 21 heavy (non-hydrogen) atoms. The van der Waals surface area contributed by atoms with Gasteiger partial charge in [-0.05, 0) is 46.7 Å². The summed E-state index contributed by atoms with van der Waals surface area (Å²) >= 11 is 0. The Kier molecular flexibility index (Phi) is 5.46. The van der Waals surface area contributed by atoms with Crippen LogP contribution in [0.5, 0.6) is 0 Å². The van der Waals surface area contributed by atoms with E-state index in [1.807, 2.05) is 20.8 Å². The zero-order chi connectivity index (χ0) is 15.5. The summed E-state index contributed by atoms with van der Waals surface area (Å²) in [5.41, 5.74) is -0.476. The third-order valence-electron chi connectivity index (χ3n) is 3.72. The highest BCUT2D eigenvalue weighted by Gasteiger charge is 2.34. The second-order valence-corrected chi connectivity index (χ2v) is 6.91. The van der Waals surface area contributed by atoms with E-state index in [1.165, 1.54) is 0 Å². The van der Waals surface area contributed by atoms with Gasteiger partial charge in [0.2, 0.25) is 0 Å². The predicted molar refractivity (Wildman–Crippen MR) is 79.1 cm³/mol. The Morgan fingerprint density at radius 1 is 1.33 bits per heavy atom. The van der Waals surface area contributed by atoms with Gasteiger partial charge in [-0.25, -0.2) is 4.79 Å². The summed E-state index contributed by atoms with van der Waals surface area (Å²) in [6.45, 7) is 8.67. The molecule has 2 aliphatic rings. The molecule has 2 fully saturated rings. The van der Waals surface area contributed by atoms with Crippen LogP contribution in [0.1, 0.15) is 33.6 Å². The Hall–Kier alpha value is -0.850. The number of nitrogens with zero attached hydrogens (tertiary/aromatic N) is 1. The molecule has 0 aromatic heterocycles. The van der Waals surface area contributed by atoms with Crippen molar-refractivity contribution in [3.05, 3.63) is 0 Å². The molecule has 2 saturated heterocycles. The highest BCUT2D eigenvalue weighted by molar-refractivity contribution is 5.67. The lowest BCUT2D eigenvalue weighted by atomic mass is 9.98. The summed E-state index contributed by atoms with van der Waals surface area (Å²) in [5.74, 6) is 0.461. The van der Waals surface area contributed by atoms with Crippen LogP contribution in [0.15, 0.2) is 0 Å². The number of hydrogen-bond acceptors (Lipinski definition) is 5. The molecule has 2 unspecified atom stereocenters. The lowest BCUT2D eigenvalue weighted by molar-refractivity contribution is -0.105. The van der Waals surface area contributed by atoms with E-state index < -0.39 is 5.60 Å². The first kappa shape index (κ1) is 16.5.